The van der Waals surface area contributed by atoms with Gasteiger partial charge in [0, 0.05) is 47.9 Å². The van der Waals surface area contributed by atoms with E-state index < -0.39 is 48.6 Å². The van der Waals surface area contributed by atoms with E-state index in [9.17, 15) is 23.2 Å². The van der Waals surface area contributed by atoms with Crippen LogP contribution in [0.15, 0.2) is 55.0 Å². The number of benzene rings is 1. The molecule has 5 rings (SSSR count). The van der Waals surface area contributed by atoms with Crippen molar-refractivity contribution in [3.63, 3.8) is 0 Å². The number of carbonyl (C=O) groups is 3. The molecule has 1 saturated carbocycles. The van der Waals surface area contributed by atoms with Gasteiger partial charge in [-0.3, -0.25) is 24.5 Å². The van der Waals surface area contributed by atoms with Gasteiger partial charge in [-0.25, -0.2) is 13.6 Å². The first kappa shape index (κ1) is 21.1. The van der Waals surface area contributed by atoms with Crippen LogP contribution in [0.4, 0.5) is 13.6 Å². The smallest absolute Gasteiger partial charge is 0.323 e. The third kappa shape index (κ3) is 3.73. The van der Waals surface area contributed by atoms with E-state index in [1.54, 1.807) is 24.5 Å². The third-order valence-corrected chi connectivity index (χ3v) is 6.41. The van der Waals surface area contributed by atoms with E-state index in [1.807, 2.05) is 24.3 Å². The summed E-state index contributed by atoms with van der Waals surface area (Å²) < 4.78 is 27.1. The zero-order valence-corrected chi connectivity index (χ0v) is 17.6. The predicted molar refractivity (Wildman–Crippen MR) is 116 cm³/mol. The SMILES string of the molecule is O=C(CN1C(=O)NC2(CCC(F)(F)CC2)C1=O)c1ccc(-c2cncc3ccccc23)nc1. The molecular formula is C24H20F2N4O3. The number of carbonyl (C=O) groups excluding carboxylic acids is 3. The lowest BCUT2D eigenvalue weighted by Gasteiger charge is -2.34. The van der Waals surface area contributed by atoms with E-state index in [2.05, 4.69) is 15.3 Å². The van der Waals surface area contributed by atoms with Crippen LogP contribution in [-0.2, 0) is 4.79 Å². The lowest BCUT2D eigenvalue weighted by molar-refractivity contribution is -0.135. The fourth-order valence-electron chi connectivity index (χ4n) is 4.47. The minimum absolute atomic E-state index is 0.148. The molecule has 0 bridgehead atoms. The van der Waals surface area contributed by atoms with Crippen LogP contribution >= 0.6 is 0 Å². The van der Waals surface area contributed by atoms with Crippen LogP contribution in [0.2, 0.25) is 0 Å². The summed E-state index contributed by atoms with van der Waals surface area (Å²) in [6, 6.07) is 10.3. The van der Waals surface area contributed by atoms with Crippen LogP contribution in [0.5, 0.6) is 0 Å². The molecule has 1 N–H and O–H groups in total. The number of ketones is 1. The average molecular weight is 450 g/mol. The van der Waals surface area contributed by atoms with Crippen LogP contribution < -0.4 is 5.32 Å². The molecule has 1 aromatic carbocycles. The van der Waals surface area contributed by atoms with E-state index in [0.717, 1.165) is 21.2 Å². The summed E-state index contributed by atoms with van der Waals surface area (Å²) in [6.45, 7) is -0.473. The molecule has 0 unspecified atom stereocenters. The van der Waals surface area contributed by atoms with Gasteiger partial charge in [-0.15, -0.1) is 0 Å². The Morgan fingerprint density at radius 1 is 1.00 bits per heavy atom. The maximum absolute atomic E-state index is 13.5. The molecule has 0 radical (unpaired) electrons. The molecule has 1 saturated heterocycles. The number of hydrogen-bond acceptors (Lipinski definition) is 5. The molecule has 1 spiro atoms. The van der Waals surface area contributed by atoms with Gasteiger partial charge in [0.05, 0.1) is 12.2 Å². The molecule has 2 aliphatic rings. The van der Waals surface area contributed by atoms with Crippen molar-refractivity contribution in [1.82, 2.24) is 20.2 Å². The van der Waals surface area contributed by atoms with Crippen LogP contribution in [0.1, 0.15) is 36.0 Å². The molecule has 7 nitrogen and oxygen atoms in total. The zero-order chi connectivity index (χ0) is 23.2. The van der Waals surface area contributed by atoms with Gasteiger partial charge in [0.25, 0.3) is 5.91 Å². The summed E-state index contributed by atoms with van der Waals surface area (Å²) in [5.74, 6) is -3.93. The minimum atomic E-state index is -2.84. The van der Waals surface area contributed by atoms with E-state index in [4.69, 9.17) is 0 Å². The molecule has 3 aromatic rings. The number of nitrogens with zero attached hydrogens (tertiary/aromatic N) is 3. The first-order valence-electron chi connectivity index (χ1n) is 10.6. The van der Waals surface area contributed by atoms with Crippen LogP contribution in [0.3, 0.4) is 0 Å². The molecule has 3 amide bonds. The predicted octanol–water partition coefficient (Wildman–Crippen LogP) is 3.98. The Morgan fingerprint density at radius 2 is 1.76 bits per heavy atom. The summed E-state index contributed by atoms with van der Waals surface area (Å²) in [7, 11) is 0. The number of aromatic nitrogens is 2. The maximum Gasteiger partial charge on any atom is 0.325 e. The Balaban J connectivity index is 1.32. The molecule has 33 heavy (non-hydrogen) atoms. The molecule has 9 heteroatoms. The molecule has 3 heterocycles. The van der Waals surface area contributed by atoms with Crippen molar-refractivity contribution in [1.29, 1.82) is 0 Å². The van der Waals surface area contributed by atoms with E-state index >= 15 is 0 Å². The Kier molecular flexibility index (Phi) is 4.92. The van der Waals surface area contributed by atoms with E-state index in [0.29, 0.717) is 5.69 Å². The highest BCUT2D eigenvalue weighted by Gasteiger charge is 2.55. The summed E-state index contributed by atoms with van der Waals surface area (Å²) in [4.78, 5) is 47.5. The number of nitrogens with one attached hydrogen (secondary N) is 1. The number of Topliss-reactive ketones (excluding diaryl/α,β-unsaturated/α-hetero) is 1. The lowest BCUT2D eigenvalue weighted by atomic mass is 9.80. The van der Waals surface area contributed by atoms with Crippen molar-refractivity contribution in [3.8, 4) is 11.3 Å². The molecule has 1 aliphatic carbocycles. The highest BCUT2D eigenvalue weighted by molar-refractivity contribution is 6.11. The van der Waals surface area contributed by atoms with Crippen molar-refractivity contribution in [2.45, 2.75) is 37.1 Å². The number of alkyl halides is 2. The first-order valence-corrected chi connectivity index (χ1v) is 10.6. The van der Waals surface area contributed by atoms with Crippen LogP contribution in [-0.4, -0.2) is 50.6 Å². The van der Waals surface area contributed by atoms with Crippen molar-refractivity contribution in [2.75, 3.05) is 6.54 Å². The fourth-order valence-corrected chi connectivity index (χ4v) is 4.47. The summed E-state index contributed by atoms with van der Waals surface area (Å²) in [6.07, 6.45) is 3.61. The van der Waals surface area contributed by atoms with Crippen molar-refractivity contribution in [2.24, 2.45) is 0 Å². The molecule has 1 aliphatic heterocycles. The summed E-state index contributed by atoms with van der Waals surface area (Å²) in [5, 5.41) is 4.48. The topological polar surface area (TPSA) is 92.3 Å². The minimum Gasteiger partial charge on any atom is -0.323 e. The van der Waals surface area contributed by atoms with E-state index in [1.165, 1.54) is 6.20 Å². The third-order valence-electron chi connectivity index (χ3n) is 6.41. The monoisotopic (exact) mass is 450 g/mol. The molecular weight excluding hydrogens is 430 g/mol. The van der Waals surface area contributed by atoms with Gasteiger partial charge in [-0.2, -0.15) is 0 Å². The number of pyridine rings is 2. The number of fused-ring (bicyclic) bond motifs is 1. The van der Waals surface area contributed by atoms with Gasteiger partial charge in [0.1, 0.15) is 5.54 Å². The molecule has 168 valence electrons. The number of urea groups is 1. The van der Waals surface area contributed by atoms with E-state index in [-0.39, 0.29) is 18.4 Å². The summed E-state index contributed by atoms with van der Waals surface area (Å²) in [5.41, 5.74) is 0.344. The number of imide groups is 1. The Bertz CT molecular complexity index is 1260. The van der Waals surface area contributed by atoms with Crippen molar-refractivity contribution >= 4 is 28.5 Å². The molecule has 2 aromatic heterocycles. The fraction of sp³-hybridized carbons (Fsp3) is 0.292. The van der Waals surface area contributed by atoms with Gasteiger partial charge in [0.15, 0.2) is 5.78 Å². The highest BCUT2D eigenvalue weighted by Crippen LogP contribution is 2.41. The number of rotatable bonds is 4. The Labute approximate surface area is 187 Å². The quantitative estimate of drug-likeness (QED) is 0.480. The van der Waals surface area contributed by atoms with Crippen molar-refractivity contribution in [3.05, 3.63) is 60.6 Å². The maximum atomic E-state index is 13.5. The average Bonchev–Trinajstić information content (AvgIpc) is 3.05. The van der Waals surface area contributed by atoms with Crippen LogP contribution in [0.25, 0.3) is 22.0 Å². The van der Waals surface area contributed by atoms with Gasteiger partial charge in [0.2, 0.25) is 5.92 Å². The van der Waals surface area contributed by atoms with Crippen molar-refractivity contribution < 1.29 is 23.2 Å². The number of amides is 3. The normalized spacial score (nSPS) is 19.2. The Morgan fingerprint density at radius 3 is 2.48 bits per heavy atom. The van der Waals surface area contributed by atoms with Gasteiger partial charge in [-0.05, 0) is 30.4 Å². The van der Waals surface area contributed by atoms with Gasteiger partial charge >= 0.3 is 6.03 Å². The first-order chi connectivity index (χ1) is 15.8. The summed E-state index contributed by atoms with van der Waals surface area (Å²) >= 11 is 0. The number of halogens is 2. The van der Waals surface area contributed by atoms with Crippen LogP contribution in [0, 0.1) is 0 Å². The lowest BCUT2D eigenvalue weighted by Crippen LogP contribution is -2.51. The van der Waals surface area contributed by atoms with Gasteiger partial charge < -0.3 is 5.32 Å². The number of hydrogen-bond donors (Lipinski definition) is 1. The molecule has 2 fully saturated rings. The van der Waals surface area contributed by atoms with Gasteiger partial charge in [-0.1, -0.05) is 24.3 Å². The Hall–Kier alpha value is -3.75. The second-order valence-electron chi connectivity index (χ2n) is 8.52. The largest absolute Gasteiger partial charge is 0.325 e. The second-order valence-corrected chi connectivity index (χ2v) is 8.52. The highest BCUT2D eigenvalue weighted by atomic mass is 19.3. The molecule has 0 atom stereocenters. The standard InChI is InChI=1S/C24H20F2N4O3/c25-24(26)9-7-23(8-10-24)21(32)30(22(33)29-23)14-20(31)16-5-6-19(28-12-16)18-13-27-11-15-3-1-2-4-17(15)18/h1-6,11-13H,7-10,14H2,(H,29,33). The zero-order valence-electron chi connectivity index (χ0n) is 17.6. The second kappa shape index (κ2) is 7.68.